The maximum atomic E-state index is 12.5. The minimum Gasteiger partial charge on any atom is -0.456 e. The van der Waals surface area contributed by atoms with E-state index in [9.17, 15) is 19.2 Å². The molecule has 2 heterocycles. The highest BCUT2D eigenvalue weighted by molar-refractivity contribution is 8.04. The van der Waals surface area contributed by atoms with E-state index in [1.165, 1.54) is 11.8 Å². The van der Waals surface area contributed by atoms with Gasteiger partial charge in [0.1, 0.15) is 30.0 Å². The van der Waals surface area contributed by atoms with Crippen LogP contribution in [0.5, 0.6) is 0 Å². The number of allylic oxidation sites excluding steroid dienone is 1. The molecule has 0 aromatic heterocycles. The Balaban J connectivity index is 2.34. The van der Waals surface area contributed by atoms with Crippen molar-refractivity contribution in [3.63, 3.8) is 0 Å². The predicted octanol–water partition coefficient (Wildman–Crippen LogP) is 1.61. The highest BCUT2D eigenvalue weighted by Crippen LogP contribution is 2.46. The van der Waals surface area contributed by atoms with Crippen LogP contribution in [0.3, 0.4) is 0 Å². The van der Waals surface area contributed by atoms with Crippen molar-refractivity contribution in [1.82, 2.24) is 10.2 Å². The molecule has 2 atom stereocenters. The third kappa shape index (κ3) is 4.46. The van der Waals surface area contributed by atoms with Gasteiger partial charge in [0.25, 0.3) is 12.4 Å². The van der Waals surface area contributed by atoms with Crippen molar-refractivity contribution in [1.29, 1.82) is 0 Å². The second-order valence-electron chi connectivity index (χ2n) is 5.27. The molecule has 142 valence electrons. The molecule has 8 nitrogen and oxygen atoms in total. The average molecular weight is 444 g/mol. The molecule has 1 fully saturated rings. The molecule has 12 heteroatoms. The first-order valence-electron chi connectivity index (χ1n) is 7.08. The van der Waals surface area contributed by atoms with Gasteiger partial charge in [0.15, 0.2) is 0 Å². The second-order valence-corrected chi connectivity index (χ2v) is 8.95. The van der Waals surface area contributed by atoms with E-state index in [4.69, 9.17) is 39.5 Å². The van der Waals surface area contributed by atoms with Crippen LogP contribution in [0.15, 0.2) is 22.4 Å². The number of ether oxygens (including phenoxy) is 2. The van der Waals surface area contributed by atoms with Crippen molar-refractivity contribution in [2.45, 2.75) is 29.1 Å². The molecule has 26 heavy (non-hydrogen) atoms. The molecule has 1 saturated heterocycles. The Hall–Kier alpha value is -1.42. The highest BCUT2D eigenvalue weighted by atomic mass is 35.6. The van der Waals surface area contributed by atoms with Gasteiger partial charge in [-0.2, -0.15) is 0 Å². The Labute approximate surface area is 167 Å². The molecule has 0 radical (unpaired) electrons. The molecular weight excluding hydrogens is 431 g/mol. The standard InChI is InChI=1S/C14H13Cl3N2O6S/c1-6-8(3-24-5-20)26-12-9(18-7(2)21)11(22)19(12)10(6)13(23)25-4-14(15,16)17/h3,5,9,12H,4H2,1-2H3,(H,18,21)/t9?,12-/m1/s1. The Morgan fingerprint density at radius 2 is 2.04 bits per heavy atom. The van der Waals surface area contributed by atoms with Gasteiger partial charge in [-0.15, -0.1) is 0 Å². The van der Waals surface area contributed by atoms with Gasteiger partial charge in [-0.25, -0.2) is 4.79 Å². The van der Waals surface area contributed by atoms with E-state index in [0.717, 1.165) is 18.0 Å². The van der Waals surface area contributed by atoms with Crippen molar-refractivity contribution in [3.8, 4) is 0 Å². The molecule has 2 aliphatic rings. The number of nitrogens with zero attached hydrogens (tertiary/aromatic N) is 1. The summed E-state index contributed by atoms with van der Waals surface area (Å²) >= 11 is 17.9. The number of fused-ring (bicyclic) bond motifs is 1. The summed E-state index contributed by atoms with van der Waals surface area (Å²) in [6, 6.07) is -0.832. The fourth-order valence-corrected chi connectivity index (χ4v) is 3.81. The summed E-state index contributed by atoms with van der Waals surface area (Å²) in [5.74, 6) is -1.76. The first-order chi connectivity index (χ1) is 12.1. The zero-order valence-corrected chi connectivity index (χ0v) is 16.5. The molecule has 2 aliphatic heterocycles. The largest absolute Gasteiger partial charge is 0.456 e. The molecule has 1 N–H and O–H groups in total. The Kier molecular flexibility index (Phi) is 6.49. The second kappa shape index (κ2) is 8.08. The molecule has 0 aromatic rings. The summed E-state index contributed by atoms with van der Waals surface area (Å²) in [7, 11) is 0. The minimum atomic E-state index is -1.82. The van der Waals surface area contributed by atoms with Crippen LogP contribution < -0.4 is 5.32 Å². The van der Waals surface area contributed by atoms with Crippen LogP contribution in [0.25, 0.3) is 0 Å². The van der Waals surface area contributed by atoms with Crippen molar-refractivity contribution >= 4 is 70.8 Å². The van der Waals surface area contributed by atoms with Crippen LogP contribution in [-0.4, -0.2) is 51.0 Å². The van der Waals surface area contributed by atoms with Gasteiger partial charge in [-0.1, -0.05) is 46.6 Å². The van der Waals surface area contributed by atoms with Crippen molar-refractivity contribution in [2.75, 3.05) is 6.61 Å². The number of amides is 2. The van der Waals surface area contributed by atoms with Gasteiger partial charge in [0, 0.05) is 11.8 Å². The molecule has 0 spiro atoms. The van der Waals surface area contributed by atoms with Crippen molar-refractivity contribution in [2.24, 2.45) is 0 Å². The zero-order valence-electron chi connectivity index (χ0n) is 13.5. The number of nitrogens with one attached hydrogen (secondary N) is 1. The zero-order chi connectivity index (χ0) is 19.6. The monoisotopic (exact) mass is 442 g/mol. The summed E-state index contributed by atoms with van der Waals surface area (Å²) in [4.78, 5) is 48.2. The van der Waals surface area contributed by atoms with Gasteiger partial charge < -0.3 is 14.8 Å². The van der Waals surface area contributed by atoms with E-state index in [1.54, 1.807) is 6.92 Å². The molecule has 2 rings (SSSR count). The number of alkyl halides is 3. The third-order valence-electron chi connectivity index (χ3n) is 3.41. The smallest absolute Gasteiger partial charge is 0.355 e. The first kappa shape index (κ1) is 20.9. The lowest BCUT2D eigenvalue weighted by Gasteiger charge is -2.49. The van der Waals surface area contributed by atoms with E-state index in [-0.39, 0.29) is 12.2 Å². The van der Waals surface area contributed by atoms with Gasteiger partial charge in [0.2, 0.25) is 9.70 Å². The highest BCUT2D eigenvalue weighted by Gasteiger charge is 2.55. The fourth-order valence-electron chi connectivity index (χ4n) is 2.36. The summed E-state index contributed by atoms with van der Waals surface area (Å²) in [5.41, 5.74) is 0.271. The predicted molar refractivity (Wildman–Crippen MR) is 95.0 cm³/mol. The quantitative estimate of drug-likeness (QED) is 0.226. The lowest BCUT2D eigenvalue weighted by molar-refractivity contribution is -0.152. The van der Waals surface area contributed by atoms with Gasteiger partial charge in [-0.05, 0) is 12.5 Å². The van der Waals surface area contributed by atoms with E-state index in [2.05, 4.69) is 10.1 Å². The van der Waals surface area contributed by atoms with Gasteiger partial charge in [0.05, 0.1) is 0 Å². The van der Waals surface area contributed by atoms with Gasteiger partial charge in [-0.3, -0.25) is 19.3 Å². The van der Waals surface area contributed by atoms with Crippen LogP contribution in [0, 0.1) is 0 Å². The lowest BCUT2D eigenvalue weighted by Crippen LogP contribution is -2.70. The minimum absolute atomic E-state index is 0.0737. The number of esters is 1. The Bertz CT molecular complexity index is 718. The SMILES string of the molecule is CC(=O)NC1C(=O)N2C(C(=O)OCC(Cl)(Cl)Cl)=C(C)C(=COC=O)S[C@H]12. The topological polar surface area (TPSA) is 102 Å². The molecule has 0 aliphatic carbocycles. The first-order valence-corrected chi connectivity index (χ1v) is 9.09. The van der Waals surface area contributed by atoms with E-state index >= 15 is 0 Å². The molecule has 2 amide bonds. The summed E-state index contributed by atoms with van der Waals surface area (Å²) in [6.07, 6.45) is 1.14. The van der Waals surface area contributed by atoms with Crippen LogP contribution in [-0.2, 0) is 28.7 Å². The molecule has 1 unspecified atom stereocenters. The van der Waals surface area contributed by atoms with Gasteiger partial charge >= 0.3 is 5.97 Å². The molecule has 0 aromatic carbocycles. The number of hydrogen-bond acceptors (Lipinski definition) is 7. The number of rotatable bonds is 5. The Morgan fingerprint density at radius 3 is 2.58 bits per heavy atom. The maximum absolute atomic E-state index is 12.5. The average Bonchev–Trinajstić information content (AvgIpc) is 2.55. The number of thioether (sulfide) groups is 1. The normalized spacial score (nSPS) is 24.0. The number of β-lactam (4-membered cyclic amide) rings is 1. The van der Waals surface area contributed by atoms with Crippen molar-refractivity contribution in [3.05, 3.63) is 22.4 Å². The fraction of sp³-hybridized carbons (Fsp3) is 0.429. The third-order valence-corrected chi connectivity index (χ3v) is 5.11. The summed E-state index contributed by atoms with van der Waals surface area (Å²) in [5, 5.41) is 1.90. The number of hydrogen-bond donors (Lipinski definition) is 1. The number of halogens is 3. The van der Waals surface area contributed by atoms with Crippen molar-refractivity contribution < 1.29 is 28.7 Å². The van der Waals surface area contributed by atoms with E-state index in [0.29, 0.717) is 10.5 Å². The summed E-state index contributed by atoms with van der Waals surface area (Å²) in [6.45, 7) is 2.51. The van der Waals surface area contributed by atoms with Crippen LogP contribution >= 0.6 is 46.6 Å². The molecular formula is C14H13Cl3N2O6S. The molecule has 0 saturated carbocycles. The van der Waals surface area contributed by atoms with Crippen LogP contribution in [0.1, 0.15) is 13.8 Å². The Morgan fingerprint density at radius 1 is 1.38 bits per heavy atom. The van der Waals surface area contributed by atoms with E-state index < -0.39 is 39.6 Å². The maximum Gasteiger partial charge on any atom is 0.355 e. The molecule has 0 bridgehead atoms. The lowest BCUT2D eigenvalue weighted by atomic mass is 10.0. The summed E-state index contributed by atoms with van der Waals surface area (Å²) < 4.78 is 7.78. The number of carbonyl (C=O) groups is 4. The number of carbonyl (C=O) groups excluding carboxylic acids is 4. The van der Waals surface area contributed by atoms with E-state index in [1.807, 2.05) is 0 Å². The van der Waals surface area contributed by atoms with Crippen LogP contribution in [0.2, 0.25) is 0 Å². The van der Waals surface area contributed by atoms with Crippen LogP contribution in [0.4, 0.5) is 0 Å².